The molecule has 1 aliphatic carbocycles. The second-order valence-corrected chi connectivity index (χ2v) is 9.63. The third kappa shape index (κ3) is 3.91. The molecular weight excluding hydrogens is 392 g/mol. The van der Waals surface area contributed by atoms with Crippen molar-refractivity contribution in [2.24, 2.45) is 0 Å². The fourth-order valence-electron chi connectivity index (χ4n) is 3.66. The predicted octanol–water partition coefficient (Wildman–Crippen LogP) is 2.65. The highest BCUT2D eigenvalue weighted by Crippen LogP contribution is 2.35. The molecule has 0 spiro atoms. The van der Waals surface area contributed by atoms with Gasteiger partial charge in [-0.15, -0.1) is 0 Å². The van der Waals surface area contributed by atoms with Crippen LogP contribution in [0.2, 0.25) is 0 Å². The number of hydrogen-bond donors (Lipinski definition) is 0. The second kappa shape index (κ2) is 7.50. The lowest BCUT2D eigenvalue weighted by Crippen LogP contribution is -2.56. The van der Waals surface area contributed by atoms with Crippen molar-refractivity contribution in [3.8, 4) is 11.5 Å². The van der Waals surface area contributed by atoms with E-state index in [0.29, 0.717) is 24.1 Å². The lowest BCUT2D eigenvalue weighted by molar-refractivity contribution is 0.0758. The molecule has 0 unspecified atom stereocenters. The van der Waals surface area contributed by atoms with E-state index < -0.39 is 10.0 Å². The van der Waals surface area contributed by atoms with Gasteiger partial charge >= 0.3 is 0 Å². The van der Waals surface area contributed by atoms with Gasteiger partial charge in [-0.1, -0.05) is 0 Å². The number of rotatable bonds is 7. The maximum absolute atomic E-state index is 12.8. The Bertz CT molecular complexity index is 1080. The summed E-state index contributed by atoms with van der Waals surface area (Å²) in [4.78, 5) is 12.6. The molecule has 0 radical (unpaired) electrons. The van der Waals surface area contributed by atoms with Crippen LogP contribution in [0.3, 0.4) is 0 Å². The van der Waals surface area contributed by atoms with Crippen molar-refractivity contribution in [2.75, 3.05) is 19.7 Å². The molecule has 1 saturated carbocycles. The largest absolute Gasteiger partial charge is 0.494 e. The Balaban J connectivity index is 1.42. The van der Waals surface area contributed by atoms with E-state index in [0.717, 1.165) is 24.1 Å². The van der Waals surface area contributed by atoms with Gasteiger partial charge in [0.05, 0.1) is 24.6 Å². The smallest absolute Gasteiger partial charge is 0.254 e. The topological polar surface area (TPSA) is 77.8 Å². The van der Waals surface area contributed by atoms with E-state index in [2.05, 4.69) is 0 Å². The van der Waals surface area contributed by atoms with Crippen LogP contribution in [0.1, 0.15) is 37.1 Å². The maximum atomic E-state index is 12.8. The quantitative estimate of drug-likeness (QED) is 0.691. The van der Waals surface area contributed by atoms with Gasteiger partial charge in [0.2, 0.25) is 10.0 Å². The molecule has 0 atom stereocenters. The Morgan fingerprint density at radius 1 is 1.10 bits per heavy atom. The van der Waals surface area contributed by atoms with Crippen LogP contribution in [-0.2, 0) is 10.0 Å². The van der Waals surface area contributed by atoms with Crippen LogP contribution < -0.4 is 15.0 Å². The van der Waals surface area contributed by atoms with Crippen molar-refractivity contribution in [1.29, 1.82) is 0 Å². The van der Waals surface area contributed by atoms with Crippen LogP contribution in [0.15, 0.2) is 40.0 Å². The van der Waals surface area contributed by atoms with E-state index in [4.69, 9.17) is 9.47 Å². The minimum Gasteiger partial charge on any atom is -0.494 e. The summed E-state index contributed by atoms with van der Waals surface area (Å²) in [7, 11) is -3.58. The Hall–Kier alpha value is -2.32. The highest BCUT2D eigenvalue weighted by molar-refractivity contribution is 7.89. The first kappa shape index (κ1) is 20.0. The van der Waals surface area contributed by atoms with Gasteiger partial charge in [0.25, 0.3) is 5.56 Å². The first-order valence-electron chi connectivity index (χ1n) is 9.93. The van der Waals surface area contributed by atoms with Crippen LogP contribution in [0.4, 0.5) is 0 Å². The number of ether oxygens (including phenoxy) is 2. The molecule has 4 rings (SSSR count). The average molecular weight is 419 g/mol. The van der Waals surface area contributed by atoms with E-state index in [-0.39, 0.29) is 29.6 Å². The highest BCUT2D eigenvalue weighted by Gasteiger charge is 2.38. The summed E-state index contributed by atoms with van der Waals surface area (Å²) in [6.07, 6.45) is 1.83. The second-order valence-electron chi connectivity index (χ2n) is 7.69. The van der Waals surface area contributed by atoms with Crippen LogP contribution in [0.5, 0.6) is 11.5 Å². The fraction of sp³-hybridized carbons (Fsp3) is 0.476. The van der Waals surface area contributed by atoms with E-state index in [9.17, 15) is 13.2 Å². The van der Waals surface area contributed by atoms with E-state index in [1.54, 1.807) is 22.8 Å². The molecule has 2 aliphatic rings. The summed E-state index contributed by atoms with van der Waals surface area (Å²) in [5, 5.41) is 0. The zero-order valence-electron chi connectivity index (χ0n) is 16.9. The molecule has 156 valence electrons. The lowest BCUT2D eigenvalue weighted by Gasteiger charge is -2.37. The summed E-state index contributed by atoms with van der Waals surface area (Å²) in [6, 6.07) is 8.57. The van der Waals surface area contributed by atoms with E-state index >= 15 is 0 Å². The van der Waals surface area contributed by atoms with Gasteiger partial charge < -0.3 is 14.0 Å². The summed E-state index contributed by atoms with van der Waals surface area (Å²) in [6.45, 7) is 6.68. The van der Waals surface area contributed by atoms with Crippen molar-refractivity contribution in [3.63, 3.8) is 0 Å². The van der Waals surface area contributed by atoms with Crippen molar-refractivity contribution in [3.05, 3.63) is 51.9 Å². The van der Waals surface area contributed by atoms with Gasteiger partial charge in [0.1, 0.15) is 17.6 Å². The molecule has 1 aromatic carbocycles. The standard InChI is InChI=1S/C21H26N2O5S/c1-4-27-20-8-7-19(9-14(20)2)29(25,26)22-12-18(13-22)28-17-10-15(3)23(16-5-6-16)21(24)11-17/h7-11,16,18H,4-6,12-13H2,1-3H3. The SMILES string of the molecule is CCOc1ccc(S(=O)(=O)N2CC(Oc3cc(C)n(C4CC4)c(=O)c3)C2)cc1C. The molecule has 1 saturated heterocycles. The normalized spacial score (nSPS) is 17.8. The predicted molar refractivity (Wildman–Crippen MR) is 109 cm³/mol. The monoisotopic (exact) mass is 418 g/mol. The lowest BCUT2D eigenvalue weighted by atomic mass is 10.2. The molecule has 2 aromatic rings. The fourth-order valence-corrected chi connectivity index (χ4v) is 5.25. The number of hydrogen-bond acceptors (Lipinski definition) is 5. The van der Waals surface area contributed by atoms with Crippen LogP contribution >= 0.6 is 0 Å². The van der Waals surface area contributed by atoms with E-state index in [1.807, 2.05) is 26.8 Å². The molecule has 0 N–H and O–H groups in total. The van der Waals surface area contributed by atoms with Gasteiger partial charge in [-0.05, 0) is 63.4 Å². The molecule has 8 heteroatoms. The maximum Gasteiger partial charge on any atom is 0.254 e. The van der Waals surface area contributed by atoms with Gasteiger partial charge in [0.15, 0.2) is 0 Å². The molecule has 0 bridgehead atoms. The molecule has 2 heterocycles. The first-order valence-corrected chi connectivity index (χ1v) is 11.4. The number of nitrogens with zero attached hydrogens (tertiary/aromatic N) is 2. The summed E-state index contributed by atoms with van der Waals surface area (Å²) in [5.74, 6) is 1.19. The molecule has 7 nitrogen and oxygen atoms in total. The minimum atomic E-state index is -3.58. The molecule has 2 fully saturated rings. The van der Waals surface area contributed by atoms with Gasteiger partial charge in [0, 0.05) is 17.8 Å². The zero-order chi connectivity index (χ0) is 20.8. The third-order valence-corrected chi connectivity index (χ3v) is 7.18. The van der Waals surface area contributed by atoms with Gasteiger partial charge in [-0.3, -0.25) is 4.79 Å². The summed E-state index contributed by atoms with van der Waals surface area (Å²) in [5.41, 5.74) is 1.60. The third-order valence-electron chi connectivity index (χ3n) is 5.35. The molecule has 0 amide bonds. The van der Waals surface area contributed by atoms with Crippen LogP contribution in [0, 0.1) is 13.8 Å². The number of aryl methyl sites for hydroxylation is 2. The van der Waals surface area contributed by atoms with Crippen molar-refractivity contribution in [1.82, 2.24) is 8.87 Å². The van der Waals surface area contributed by atoms with Gasteiger partial charge in [-0.2, -0.15) is 4.31 Å². The number of pyridine rings is 1. The van der Waals surface area contributed by atoms with Crippen LogP contribution in [0.25, 0.3) is 0 Å². The van der Waals surface area contributed by atoms with Crippen LogP contribution in [-0.4, -0.2) is 43.1 Å². The molecule has 1 aromatic heterocycles. The Morgan fingerprint density at radius 3 is 2.41 bits per heavy atom. The van der Waals surface area contributed by atoms with Crippen molar-refractivity contribution >= 4 is 10.0 Å². The summed E-state index contributed by atoms with van der Waals surface area (Å²) >= 11 is 0. The number of sulfonamides is 1. The van der Waals surface area contributed by atoms with Gasteiger partial charge in [-0.25, -0.2) is 8.42 Å². The molecule has 29 heavy (non-hydrogen) atoms. The Kier molecular flexibility index (Phi) is 5.16. The first-order chi connectivity index (χ1) is 13.8. The number of benzene rings is 1. The summed E-state index contributed by atoms with van der Waals surface area (Å²) < 4.78 is 40.2. The molecular formula is C21H26N2O5S. The Morgan fingerprint density at radius 2 is 1.83 bits per heavy atom. The highest BCUT2D eigenvalue weighted by atomic mass is 32.2. The van der Waals surface area contributed by atoms with E-state index in [1.165, 1.54) is 10.4 Å². The minimum absolute atomic E-state index is 0.0591. The Labute approximate surface area is 170 Å². The number of aromatic nitrogens is 1. The average Bonchev–Trinajstić information content (AvgIpc) is 3.43. The van der Waals surface area contributed by atoms with Crippen molar-refractivity contribution in [2.45, 2.75) is 50.7 Å². The van der Waals surface area contributed by atoms with Crippen molar-refractivity contribution < 1.29 is 17.9 Å². The molecule has 1 aliphatic heterocycles. The zero-order valence-corrected chi connectivity index (χ0v) is 17.7.